The van der Waals surface area contributed by atoms with E-state index in [0.717, 1.165) is 0 Å². The molecule has 2 aromatic rings. The molecule has 118 valence electrons. The molecule has 0 fully saturated rings. The first-order valence-electron chi connectivity index (χ1n) is 6.97. The molecule has 2 aromatic heterocycles. The van der Waals surface area contributed by atoms with Gasteiger partial charge in [-0.25, -0.2) is 15.0 Å². The minimum absolute atomic E-state index is 0.0103. The summed E-state index contributed by atoms with van der Waals surface area (Å²) in [6.07, 6.45) is 3.18. The summed E-state index contributed by atoms with van der Waals surface area (Å²) in [7, 11) is 0. The lowest BCUT2D eigenvalue weighted by atomic mass is 10.3. The third-order valence-electron chi connectivity index (χ3n) is 3.25. The molecule has 9 nitrogen and oxygen atoms in total. The van der Waals surface area contributed by atoms with Gasteiger partial charge in [-0.3, -0.25) is 9.59 Å². The maximum atomic E-state index is 12.4. The number of nitrogens with zero attached hydrogens (tertiary/aromatic N) is 5. The van der Waals surface area contributed by atoms with Crippen molar-refractivity contribution in [2.24, 2.45) is 5.73 Å². The number of rotatable bonds is 7. The molecule has 4 N–H and O–H groups in total. The lowest BCUT2D eigenvalue weighted by molar-refractivity contribution is -0.135. The molecular formula is C13H19N7O2. The molecule has 0 aromatic carbocycles. The topological polar surface area (TPSA) is 133 Å². The summed E-state index contributed by atoms with van der Waals surface area (Å²) in [6, 6.07) is 0. The Hall–Kier alpha value is -2.55. The van der Waals surface area contributed by atoms with Crippen LogP contribution in [0.15, 0.2) is 12.7 Å². The van der Waals surface area contributed by atoms with E-state index in [1.54, 1.807) is 11.5 Å². The van der Waals surface area contributed by atoms with E-state index < -0.39 is 0 Å². The number of imidazole rings is 1. The molecule has 0 unspecified atom stereocenters. The van der Waals surface area contributed by atoms with Crippen LogP contribution in [0.2, 0.25) is 0 Å². The molecule has 9 heteroatoms. The Labute approximate surface area is 127 Å². The molecule has 0 aliphatic heterocycles. The zero-order valence-corrected chi connectivity index (χ0v) is 12.4. The Morgan fingerprint density at radius 3 is 2.77 bits per heavy atom. The van der Waals surface area contributed by atoms with E-state index in [1.165, 1.54) is 17.6 Å². The third-order valence-corrected chi connectivity index (χ3v) is 3.25. The summed E-state index contributed by atoms with van der Waals surface area (Å²) in [4.78, 5) is 37.4. The van der Waals surface area contributed by atoms with Gasteiger partial charge in [-0.1, -0.05) is 6.92 Å². The maximum Gasteiger partial charge on any atom is 0.243 e. The molecule has 0 bridgehead atoms. The van der Waals surface area contributed by atoms with Gasteiger partial charge in [-0.05, 0) is 0 Å². The smallest absolute Gasteiger partial charge is 0.243 e. The number of carbonyl (C=O) groups is 2. The zero-order chi connectivity index (χ0) is 16.1. The van der Waals surface area contributed by atoms with E-state index in [1.807, 2.05) is 0 Å². The largest absolute Gasteiger partial charge is 0.382 e. The number of nitrogens with two attached hydrogens (primary N) is 2. The average Bonchev–Trinajstić information content (AvgIpc) is 2.91. The first kappa shape index (κ1) is 15.8. The highest BCUT2D eigenvalue weighted by atomic mass is 16.2. The Bertz CT molecular complexity index is 682. The second-order valence-corrected chi connectivity index (χ2v) is 4.80. The van der Waals surface area contributed by atoms with Crippen LogP contribution in [0, 0.1) is 0 Å². The van der Waals surface area contributed by atoms with Crippen LogP contribution in [-0.4, -0.2) is 55.7 Å². The lowest BCUT2D eigenvalue weighted by Gasteiger charge is -2.21. The van der Waals surface area contributed by atoms with E-state index >= 15 is 0 Å². The highest BCUT2D eigenvalue weighted by Crippen LogP contribution is 2.14. The van der Waals surface area contributed by atoms with Crippen molar-refractivity contribution < 1.29 is 9.59 Å². The molecule has 2 heterocycles. The molecule has 0 spiro atoms. The van der Waals surface area contributed by atoms with Crippen LogP contribution < -0.4 is 11.5 Å². The number of fused-ring (bicyclic) bond motifs is 1. The summed E-state index contributed by atoms with van der Waals surface area (Å²) >= 11 is 0. The molecule has 0 aliphatic carbocycles. The Morgan fingerprint density at radius 2 is 2.09 bits per heavy atom. The number of aromatic nitrogens is 4. The van der Waals surface area contributed by atoms with Crippen molar-refractivity contribution in [3.8, 4) is 0 Å². The Morgan fingerprint density at radius 1 is 1.32 bits per heavy atom. The van der Waals surface area contributed by atoms with Crippen LogP contribution in [0.4, 0.5) is 5.82 Å². The van der Waals surface area contributed by atoms with E-state index in [2.05, 4.69) is 15.0 Å². The fraction of sp³-hybridized carbons (Fsp3) is 0.462. The predicted molar refractivity (Wildman–Crippen MR) is 80.7 cm³/mol. The molecular weight excluding hydrogens is 286 g/mol. The molecule has 0 saturated heterocycles. The van der Waals surface area contributed by atoms with Crippen molar-refractivity contribution in [1.82, 2.24) is 24.4 Å². The lowest BCUT2D eigenvalue weighted by Crippen LogP contribution is -2.40. The van der Waals surface area contributed by atoms with Crippen molar-refractivity contribution in [3.05, 3.63) is 12.7 Å². The number of amides is 1. The molecule has 2 rings (SSSR count). The zero-order valence-electron chi connectivity index (χ0n) is 12.4. The van der Waals surface area contributed by atoms with Crippen LogP contribution in [0.3, 0.4) is 0 Å². The number of Topliss-reactive ketones (excluding diaryl/α,β-unsaturated/α-hetero) is 1. The minimum atomic E-state index is -0.219. The van der Waals surface area contributed by atoms with Crippen LogP contribution in [0.1, 0.15) is 13.3 Å². The molecule has 0 radical (unpaired) electrons. The van der Waals surface area contributed by atoms with Gasteiger partial charge >= 0.3 is 0 Å². The van der Waals surface area contributed by atoms with Gasteiger partial charge in [-0.2, -0.15) is 0 Å². The second kappa shape index (κ2) is 6.94. The van der Waals surface area contributed by atoms with Gasteiger partial charge < -0.3 is 20.9 Å². The average molecular weight is 305 g/mol. The molecule has 1 amide bonds. The molecule has 0 aliphatic rings. The maximum absolute atomic E-state index is 12.4. The van der Waals surface area contributed by atoms with E-state index in [9.17, 15) is 9.59 Å². The first-order valence-corrected chi connectivity index (χ1v) is 6.97. The van der Waals surface area contributed by atoms with Crippen molar-refractivity contribution in [3.63, 3.8) is 0 Å². The van der Waals surface area contributed by atoms with E-state index in [-0.39, 0.29) is 30.6 Å². The highest BCUT2D eigenvalue weighted by molar-refractivity contribution is 5.87. The third kappa shape index (κ3) is 3.37. The van der Waals surface area contributed by atoms with Crippen LogP contribution in [0.5, 0.6) is 0 Å². The summed E-state index contributed by atoms with van der Waals surface area (Å²) < 4.78 is 1.58. The quantitative estimate of drug-likeness (QED) is 0.682. The predicted octanol–water partition coefficient (Wildman–Crippen LogP) is -0.825. The minimum Gasteiger partial charge on any atom is -0.382 e. The summed E-state index contributed by atoms with van der Waals surface area (Å²) in [5.41, 5.74) is 12.1. The fourth-order valence-corrected chi connectivity index (χ4v) is 2.03. The van der Waals surface area contributed by atoms with E-state index in [4.69, 9.17) is 11.5 Å². The Balaban J connectivity index is 2.17. The van der Waals surface area contributed by atoms with Crippen LogP contribution in [-0.2, 0) is 16.1 Å². The SMILES string of the molecule is CCC(=O)CN(CCN)C(=O)Cn1cnc2c(N)ncnc21. The van der Waals surface area contributed by atoms with Gasteiger partial charge in [0.15, 0.2) is 17.2 Å². The standard InChI is InChI=1S/C13H19N7O2/c1-2-9(21)5-19(4-3-14)10(22)6-20-8-18-11-12(15)16-7-17-13(11)20/h7-8H,2-6,14H2,1H3,(H2,15,16,17). The second-order valence-electron chi connectivity index (χ2n) is 4.80. The van der Waals surface area contributed by atoms with Crippen LogP contribution >= 0.6 is 0 Å². The monoisotopic (exact) mass is 305 g/mol. The van der Waals surface area contributed by atoms with E-state index in [0.29, 0.717) is 30.7 Å². The van der Waals surface area contributed by atoms with Crippen molar-refractivity contribution >= 4 is 28.7 Å². The van der Waals surface area contributed by atoms with Gasteiger partial charge in [0, 0.05) is 19.5 Å². The number of nitrogen functional groups attached to an aromatic ring is 1. The molecule has 0 atom stereocenters. The number of hydrogen-bond donors (Lipinski definition) is 2. The van der Waals surface area contributed by atoms with Gasteiger partial charge in [0.25, 0.3) is 0 Å². The summed E-state index contributed by atoms with van der Waals surface area (Å²) in [5, 5.41) is 0. The Kier molecular flexibility index (Phi) is 4.99. The summed E-state index contributed by atoms with van der Waals surface area (Å²) in [5.74, 6) is 0.0313. The van der Waals surface area contributed by atoms with Gasteiger partial charge in [0.2, 0.25) is 5.91 Å². The van der Waals surface area contributed by atoms with Gasteiger partial charge in [0.05, 0.1) is 12.9 Å². The molecule has 22 heavy (non-hydrogen) atoms. The normalized spacial score (nSPS) is 10.8. The van der Waals surface area contributed by atoms with Gasteiger partial charge in [0.1, 0.15) is 18.4 Å². The van der Waals surface area contributed by atoms with Gasteiger partial charge in [-0.15, -0.1) is 0 Å². The fourth-order valence-electron chi connectivity index (χ4n) is 2.03. The highest BCUT2D eigenvalue weighted by Gasteiger charge is 2.18. The first-order chi connectivity index (χ1) is 10.6. The van der Waals surface area contributed by atoms with Crippen molar-refractivity contribution in [1.29, 1.82) is 0 Å². The summed E-state index contributed by atoms with van der Waals surface area (Å²) in [6.45, 7) is 2.47. The number of anilines is 1. The number of ketones is 1. The number of carbonyl (C=O) groups excluding carboxylic acids is 2. The van der Waals surface area contributed by atoms with Crippen molar-refractivity contribution in [2.45, 2.75) is 19.9 Å². The molecule has 0 saturated carbocycles. The number of hydrogen-bond acceptors (Lipinski definition) is 7. The van der Waals surface area contributed by atoms with Crippen molar-refractivity contribution in [2.75, 3.05) is 25.4 Å². The van der Waals surface area contributed by atoms with Crippen LogP contribution in [0.25, 0.3) is 11.2 Å².